The third kappa shape index (κ3) is 2.29. The molecule has 0 aliphatic rings. The van der Waals surface area contributed by atoms with E-state index in [0.717, 1.165) is 15.9 Å². The summed E-state index contributed by atoms with van der Waals surface area (Å²) in [6.45, 7) is 0.241. The summed E-state index contributed by atoms with van der Waals surface area (Å²) in [5.41, 5.74) is 7.25. The van der Waals surface area contributed by atoms with Gasteiger partial charge in [-0.05, 0) is 46.3 Å². The third-order valence-electron chi connectivity index (χ3n) is 2.61. The van der Waals surface area contributed by atoms with Crippen molar-refractivity contribution >= 4 is 15.9 Å². The lowest BCUT2D eigenvalue weighted by molar-refractivity contribution is 0.380. The molecule has 2 N–H and O–H groups in total. The zero-order chi connectivity index (χ0) is 13.2. The van der Waals surface area contributed by atoms with Crippen LogP contribution in [0, 0.1) is 0 Å². The second-order valence-electron chi connectivity index (χ2n) is 3.83. The van der Waals surface area contributed by atoms with Crippen molar-refractivity contribution in [1.82, 2.24) is 19.9 Å². The van der Waals surface area contributed by atoms with Crippen LogP contribution in [-0.2, 0) is 6.54 Å². The summed E-state index contributed by atoms with van der Waals surface area (Å²) in [5, 5.41) is 8.08. The van der Waals surface area contributed by atoms with E-state index in [0.29, 0.717) is 11.7 Å². The smallest absolute Gasteiger partial charge is 0.240 e. The van der Waals surface area contributed by atoms with Gasteiger partial charge in [-0.15, -0.1) is 0 Å². The molecule has 3 aromatic rings. The van der Waals surface area contributed by atoms with E-state index in [1.165, 1.54) is 0 Å². The molecule has 0 saturated carbocycles. The SMILES string of the molecule is NCc1nc(-c2ccc(-n3nccc3Br)cc2)no1. The number of aromatic nitrogens is 4. The van der Waals surface area contributed by atoms with Gasteiger partial charge in [0.1, 0.15) is 4.60 Å². The van der Waals surface area contributed by atoms with Crippen LogP contribution in [0.5, 0.6) is 0 Å². The molecule has 0 unspecified atom stereocenters. The fourth-order valence-electron chi connectivity index (χ4n) is 1.68. The summed E-state index contributed by atoms with van der Waals surface area (Å²) < 4.78 is 7.66. The Bertz CT molecular complexity index is 688. The minimum Gasteiger partial charge on any atom is -0.338 e. The molecule has 0 aliphatic carbocycles. The molecule has 0 radical (unpaired) electrons. The second kappa shape index (κ2) is 4.94. The number of benzene rings is 1. The highest BCUT2D eigenvalue weighted by molar-refractivity contribution is 9.10. The number of nitrogens with zero attached hydrogens (tertiary/aromatic N) is 4. The average Bonchev–Trinajstić information content (AvgIpc) is 3.07. The number of hydrogen-bond donors (Lipinski definition) is 1. The van der Waals surface area contributed by atoms with E-state index in [4.69, 9.17) is 10.3 Å². The first kappa shape index (κ1) is 12.1. The van der Waals surface area contributed by atoms with Gasteiger partial charge in [0.15, 0.2) is 0 Å². The minimum atomic E-state index is 0.241. The maximum atomic E-state index is 5.43. The van der Waals surface area contributed by atoms with Gasteiger partial charge >= 0.3 is 0 Å². The fourth-order valence-corrected chi connectivity index (χ4v) is 2.10. The number of halogens is 1. The average molecular weight is 320 g/mol. The number of nitrogens with two attached hydrogens (primary N) is 1. The summed E-state index contributed by atoms with van der Waals surface area (Å²) in [4.78, 5) is 4.17. The van der Waals surface area contributed by atoms with Gasteiger partial charge in [0.05, 0.1) is 18.4 Å². The molecule has 3 rings (SSSR count). The van der Waals surface area contributed by atoms with E-state index in [1.807, 2.05) is 30.3 Å². The third-order valence-corrected chi connectivity index (χ3v) is 3.21. The highest BCUT2D eigenvalue weighted by Crippen LogP contribution is 2.20. The lowest BCUT2D eigenvalue weighted by atomic mass is 10.2. The first-order valence-corrected chi connectivity index (χ1v) is 6.40. The predicted octanol–water partition coefficient (Wildman–Crippen LogP) is 2.14. The van der Waals surface area contributed by atoms with Crippen molar-refractivity contribution in [2.75, 3.05) is 0 Å². The monoisotopic (exact) mass is 319 g/mol. The first-order valence-electron chi connectivity index (χ1n) is 5.61. The van der Waals surface area contributed by atoms with Crippen LogP contribution in [0.15, 0.2) is 45.7 Å². The zero-order valence-corrected chi connectivity index (χ0v) is 11.4. The van der Waals surface area contributed by atoms with Gasteiger partial charge in [-0.25, -0.2) is 4.68 Å². The van der Waals surface area contributed by atoms with Crippen molar-refractivity contribution < 1.29 is 4.52 Å². The predicted molar refractivity (Wildman–Crippen MR) is 72.4 cm³/mol. The topological polar surface area (TPSA) is 82.8 Å². The lowest BCUT2D eigenvalue weighted by Crippen LogP contribution is -1.96. The van der Waals surface area contributed by atoms with Gasteiger partial charge in [0, 0.05) is 5.56 Å². The Morgan fingerprint density at radius 3 is 2.58 bits per heavy atom. The van der Waals surface area contributed by atoms with Crippen molar-refractivity contribution in [3.05, 3.63) is 47.0 Å². The Balaban J connectivity index is 1.92. The van der Waals surface area contributed by atoms with E-state index in [1.54, 1.807) is 10.9 Å². The molecule has 0 spiro atoms. The normalized spacial score (nSPS) is 10.8. The zero-order valence-electron chi connectivity index (χ0n) is 9.82. The van der Waals surface area contributed by atoms with E-state index in [2.05, 4.69) is 31.2 Å². The molecule has 19 heavy (non-hydrogen) atoms. The molecule has 7 heteroatoms. The van der Waals surface area contributed by atoms with Crippen LogP contribution in [0.2, 0.25) is 0 Å². The molecule has 0 aliphatic heterocycles. The molecule has 0 fully saturated rings. The number of hydrogen-bond acceptors (Lipinski definition) is 5. The fraction of sp³-hybridized carbons (Fsp3) is 0.0833. The van der Waals surface area contributed by atoms with Gasteiger partial charge in [-0.1, -0.05) is 5.16 Å². The molecule has 96 valence electrons. The van der Waals surface area contributed by atoms with Crippen LogP contribution < -0.4 is 5.73 Å². The molecule has 0 bridgehead atoms. The van der Waals surface area contributed by atoms with Crippen molar-refractivity contribution in [2.45, 2.75) is 6.54 Å². The summed E-state index contributed by atoms with van der Waals surface area (Å²) in [6, 6.07) is 9.57. The maximum Gasteiger partial charge on any atom is 0.240 e. The van der Waals surface area contributed by atoms with Gasteiger partial charge in [-0.3, -0.25) is 0 Å². The summed E-state index contributed by atoms with van der Waals surface area (Å²) in [7, 11) is 0. The Morgan fingerprint density at radius 2 is 2.00 bits per heavy atom. The van der Waals surface area contributed by atoms with Crippen molar-refractivity contribution in [2.24, 2.45) is 5.73 Å². The van der Waals surface area contributed by atoms with E-state index < -0.39 is 0 Å². The van der Waals surface area contributed by atoms with Crippen LogP contribution in [0.25, 0.3) is 17.1 Å². The molecule has 0 atom stereocenters. The number of rotatable bonds is 3. The second-order valence-corrected chi connectivity index (χ2v) is 4.64. The largest absolute Gasteiger partial charge is 0.338 e. The van der Waals surface area contributed by atoms with E-state index >= 15 is 0 Å². The quantitative estimate of drug-likeness (QED) is 0.799. The van der Waals surface area contributed by atoms with Gasteiger partial charge < -0.3 is 10.3 Å². The van der Waals surface area contributed by atoms with Crippen LogP contribution >= 0.6 is 15.9 Å². The van der Waals surface area contributed by atoms with Gasteiger partial charge in [0.2, 0.25) is 11.7 Å². The molecule has 2 heterocycles. The van der Waals surface area contributed by atoms with Crippen molar-refractivity contribution in [3.63, 3.8) is 0 Å². The highest BCUT2D eigenvalue weighted by atomic mass is 79.9. The van der Waals surface area contributed by atoms with E-state index in [-0.39, 0.29) is 6.54 Å². The first-order chi connectivity index (χ1) is 9.28. The molecule has 2 aromatic heterocycles. The van der Waals surface area contributed by atoms with Crippen molar-refractivity contribution in [1.29, 1.82) is 0 Å². The summed E-state index contributed by atoms with van der Waals surface area (Å²) in [6.07, 6.45) is 1.73. The molecular weight excluding hydrogens is 310 g/mol. The standard InChI is InChI=1S/C12H10BrN5O/c13-10-5-6-15-18(10)9-3-1-8(2-4-9)12-16-11(7-14)19-17-12/h1-6H,7,14H2. The molecule has 1 aromatic carbocycles. The van der Waals surface area contributed by atoms with Crippen LogP contribution in [0.4, 0.5) is 0 Å². The Hall–Kier alpha value is -1.99. The molecule has 0 saturated heterocycles. The van der Waals surface area contributed by atoms with Crippen LogP contribution in [-0.4, -0.2) is 19.9 Å². The Kier molecular flexibility index (Phi) is 3.14. The lowest BCUT2D eigenvalue weighted by Gasteiger charge is -2.03. The highest BCUT2D eigenvalue weighted by Gasteiger charge is 2.08. The molecule has 0 amide bonds. The minimum absolute atomic E-state index is 0.241. The van der Waals surface area contributed by atoms with Gasteiger partial charge in [-0.2, -0.15) is 10.1 Å². The summed E-state index contributed by atoms with van der Waals surface area (Å²) in [5.74, 6) is 0.959. The van der Waals surface area contributed by atoms with Crippen LogP contribution in [0.3, 0.4) is 0 Å². The summed E-state index contributed by atoms with van der Waals surface area (Å²) >= 11 is 3.43. The van der Waals surface area contributed by atoms with Gasteiger partial charge in [0.25, 0.3) is 0 Å². The Labute approximate surface area is 117 Å². The molecular formula is C12H10BrN5O. The maximum absolute atomic E-state index is 5.43. The Morgan fingerprint density at radius 1 is 1.21 bits per heavy atom. The van der Waals surface area contributed by atoms with E-state index in [9.17, 15) is 0 Å². The molecule has 6 nitrogen and oxygen atoms in total. The van der Waals surface area contributed by atoms with Crippen molar-refractivity contribution in [3.8, 4) is 17.1 Å². The van der Waals surface area contributed by atoms with Crippen LogP contribution in [0.1, 0.15) is 5.89 Å².